The molecule has 1 aliphatic heterocycles. The lowest BCUT2D eigenvalue weighted by Crippen LogP contribution is -2.37. The van der Waals surface area contributed by atoms with Crippen molar-refractivity contribution in [1.82, 2.24) is 0 Å². The lowest BCUT2D eigenvalue weighted by atomic mass is 9.82. The normalized spacial score (nSPS) is 23.1. The third-order valence-electron chi connectivity index (χ3n) is 4.41. The summed E-state index contributed by atoms with van der Waals surface area (Å²) in [6, 6.07) is 17.9. The van der Waals surface area contributed by atoms with E-state index in [0.717, 1.165) is 16.7 Å². The summed E-state index contributed by atoms with van der Waals surface area (Å²) >= 11 is 1.20. The largest absolute Gasteiger partial charge is 0.393 e. The summed E-state index contributed by atoms with van der Waals surface area (Å²) < 4.78 is 0. The first kappa shape index (κ1) is 17.1. The van der Waals surface area contributed by atoms with Gasteiger partial charge in [-0.1, -0.05) is 71.9 Å². The number of hydrogen-bond donors (Lipinski definition) is 1. The molecule has 1 aliphatic rings. The Bertz CT molecular complexity index is 856. The molecule has 0 spiro atoms. The van der Waals surface area contributed by atoms with Crippen LogP contribution in [0.1, 0.15) is 27.9 Å². The number of nitrogens with two attached hydrogens (primary N) is 1. The highest BCUT2D eigenvalue weighted by Gasteiger charge is 2.48. The van der Waals surface area contributed by atoms with Crippen molar-refractivity contribution in [2.24, 2.45) is 5.73 Å². The molecule has 2 aromatic carbocycles. The maximum atomic E-state index is 12.0. The van der Waals surface area contributed by atoms with Gasteiger partial charge in [0.05, 0.1) is 22.6 Å². The second-order valence-corrected chi connectivity index (χ2v) is 7.19. The van der Waals surface area contributed by atoms with E-state index in [9.17, 15) is 15.4 Å². The zero-order valence-electron chi connectivity index (χ0n) is 13.6. The Balaban J connectivity index is 2.17. The van der Waals surface area contributed by atoms with Gasteiger partial charge in [-0.05, 0) is 18.1 Å². The van der Waals surface area contributed by atoms with Crippen LogP contribution in [0.3, 0.4) is 0 Å². The molecule has 0 fully saturated rings. The standard InChI is InChI=1S/C19H17N3O2S/c1-12-7-9-13(10-8-12)16-15(11-20)19(21)25-18(17(16)22(23)24)14-5-3-2-4-6-14/h2-10,16-18H,21H2,1H3/t16-,17+,18-/m1/s1. The molecule has 126 valence electrons. The molecule has 0 saturated heterocycles. The molecule has 3 atom stereocenters. The molecule has 0 aliphatic carbocycles. The van der Waals surface area contributed by atoms with Gasteiger partial charge in [-0.25, -0.2) is 0 Å². The van der Waals surface area contributed by atoms with Crippen LogP contribution in [0.4, 0.5) is 0 Å². The highest BCUT2D eigenvalue weighted by molar-refractivity contribution is 8.03. The molecule has 0 radical (unpaired) electrons. The highest BCUT2D eigenvalue weighted by Crippen LogP contribution is 2.50. The van der Waals surface area contributed by atoms with Crippen molar-refractivity contribution in [1.29, 1.82) is 5.26 Å². The highest BCUT2D eigenvalue weighted by atomic mass is 32.2. The Labute approximate surface area is 150 Å². The van der Waals surface area contributed by atoms with E-state index in [1.165, 1.54) is 11.8 Å². The molecule has 0 aromatic heterocycles. The number of thioether (sulfide) groups is 1. The summed E-state index contributed by atoms with van der Waals surface area (Å²) in [5, 5.41) is 21.5. The van der Waals surface area contributed by atoms with E-state index in [1.54, 1.807) is 0 Å². The monoisotopic (exact) mass is 351 g/mol. The Morgan fingerprint density at radius 2 is 1.76 bits per heavy atom. The van der Waals surface area contributed by atoms with E-state index in [-0.39, 0.29) is 10.5 Å². The van der Waals surface area contributed by atoms with Crippen molar-refractivity contribution in [3.63, 3.8) is 0 Å². The molecule has 0 unspecified atom stereocenters. The van der Waals surface area contributed by atoms with Gasteiger partial charge in [0.1, 0.15) is 5.25 Å². The van der Waals surface area contributed by atoms with Gasteiger partial charge in [0, 0.05) is 4.92 Å². The maximum Gasteiger partial charge on any atom is 0.240 e. The average molecular weight is 351 g/mol. The molecule has 0 bridgehead atoms. The van der Waals surface area contributed by atoms with E-state index in [4.69, 9.17) is 5.73 Å². The molecule has 6 heteroatoms. The van der Waals surface area contributed by atoms with E-state index < -0.39 is 17.2 Å². The predicted octanol–water partition coefficient (Wildman–Crippen LogP) is 3.91. The average Bonchev–Trinajstić information content (AvgIpc) is 2.62. The van der Waals surface area contributed by atoms with Crippen LogP contribution in [-0.4, -0.2) is 11.0 Å². The number of rotatable bonds is 3. The van der Waals surface area contributed by atoms with Gasteiger partial charge in [-0.2, -0.15) is 5.26 Å². The second-order valence-electron chi connectivity index (χ2n) is 6.00. The summed E-state index contributed by atoms with van der Waals surface area (Å²) in [4.78, 5) is 11.7. The zero-order chi connectivity index (χ0) is 18.0. The number of nitriles is 1. The number of benzene rings is 2. The van der Waals surface area contributed by atoms with E-state index in [1.807, 2.05) is 61.5 Å². The summed E-state index contributed by atoms with van der Waals surface area (Å²) in [6.07, 6.45) is 0. The third-order valence-corrected chi connectivity index (χ3v) is 5.69. The fraction of sp³-hybridized carbons (Fsp3) is 0.211. The molecule has 3 rings (SSSR count). The smallest absolute Gasteiger partial charge is 0.240 e. The van der Waals surface area contributed by atoms with Crippen LogP contribution in [-0.2, 0) is 0 Å². The van der Waals surface area contributed by atoms with Crippen molar-refractivity contribution >= 4 is 11.8 Å². The zero-order valence-corrected chi connectivity index (χ0v) is 14.4. The molecular formula is C19H17N3O2S. The van der Waals surface area contributed by atoms with Gasteiger partial charge >= 0.3 is 0 Å². The topological polar surface area (TPSA) is 93.0 Å². The molecular weight excluding hydrogens is 334 g/mol. The van der Waals surface area contributed by atoms with Crippen molar-refractivity contribution in [3.8, 4) is 6.07 Å². The number of aryl methyl sites for hydroxylation is 1. The lowest BCUT2D eigenvalue weighted by Gasteiger charge is -2.32. The molecule has 1 heterocycles. The Morgan fingerprint density at radius 3 is 2.32 bits per heavy atom. The number of nitrogens with zero attached hydrogens (tertiary/aromatic N) is 2. The van der Waals surface area contributed by atoms with E-state index >= 15 is 0 Å². The summed E-state index contributed by atoms with van der Waals surface area (Å²) in [5.41, 5.74) is 9.05. The first-order chi connectivity index (χ1) is 12.0. The van der Waals surface area contributed by atoms with Crippen LogP contribution in [0.15, 0.2) is 65.2 Å². The molecule has 0 saturated carbocycles. The third kappa shape index (κ3) is 3.24. The van der Waals surface area contributed by atoms with Crippen LogP contribution >= 0.6 is 11.8 Å². The second kappa shape index (κ2) is 6.99. The van der Waals surface area contributed by atoms with Crippen molar-refractivity contribution in [2.45, 2.75) is 24.1 Å². The molecule has 25 heavy (non-hydrogen) atoms. The van der Waals surface area contributed by atoms with E-state index in [0.29, 0.717) is 5.03 Å². The Hall–Kier alpha value is -2.78. The Kier molecular flexibility index (Phi) is 4.77. The minimum atomic E-state index is -0.961. The van der Waals surface area contributed by atoms with Gasteiger partial charge in [0.15, 0.2) is 0 Å². The Morgan fingerprint density at radius 1 is 1.12 bits per heavy atom. The fourth-order valence-electron chi connectivity index (χ4n) is 3.17. The van der Waals surface area contributed by atoms with Gasteiger partial charge < -0.3 is 5.73 Å². The quantitative estimate of drug-likeness (QED) is 0.668. The minimum Gasteiger partial charge on any atom is -0.393 e. The van der Waals surface area contributed by atoms with Gasteiger partial charge in [0.2, 0.25) is 6.04 Å². The van der Waals surface area contributed by atoms with Gasteiger partial charge in [-0.15, -0.1) is 0 Å². The molecule has 2 aromatic rings. The molecule has 0 amide bonds. The SMILES string of the molecule is Cc1ccc([C@@H]2C(C#N)=C(N)S[C@H](c3ccccc3)[C@H]2[N+](=O)[O-])cc1. The van der Waals surface area contributed by atoms with Crippen LogP contribution in [0.25, 0.3) is 0 Å². The fourth-order valence-corrected chi connectivity index (χ4v) is 4.43. The van der Waals surface area contributed by atoms with Crippen LogP contribution in [0.2, 0.25) is 0 Å². The van der Waals surface area contributed by atoms with Gasteiger partial charge in [-0.3, -0.25) is 10.1 Å². The first-order valence-corrected chi connectivity index (χ1v) is 8.72. The predicted molar refractivity (Wildman–Crippen MR) is 98.3 cm³/mol. The van der Waals surface area contributed by atoms with E-state index in [2.05, 4.69) is 6.07 Å². The van der Waals surface area contributed by atoms with Crippen LogP contribution < -0.4 is 5.73 Å². The lowest BCUT2D eigenvalue weighted by molar-refractivity contribution is -0.525. The van der Waals surface area contributed by atoms with Crippen LogP contribution in [0, 0.1) is 28.4 Å². The minimum absolute atomic E-state index is 0.279. The first-order valence-electron chi connectivity index (χ1n) is 7.84. The summed E-state index contributed by atoms with van der Waals surface area (Å²) in [7, 11) is 0. The van der Waals surface area contributed by atoms with Crippen molar-refractivity contribution < 1.29 is 4.92 Å². The number of nitro groups is 1. The summed E-state index contributed by atoms with van der Waals surface area (Å²) in [5.74, 6) is -0.660. The molecule has 5 nitrogen and oxygen atoms in total. The van der Waals surface area contributed by atoms with Crippen molar-refractivity contribution in [2.75, 3.05) is 0 Å². The van der Waals surface area contributed by atoms with Crippen LogP contribution in [0.5, 0.6) is 0 Å². The van der Waals surface area contributed by atoms with Gasteiger partial charge in [0.25, 0.3) is 0 Å². The molecule has 2 N–H and O–H groups in total. The maximum absolute atomic E-state index is 12.0. The van der Waals surface area contributed by atoms with Crippen molar-refractivity contribution in [3.05, 3.63) is 92.0 Å². The summed E-state index contributed by atoms with van der Waals surface area (Å²) in [6.45, 7) is 1.95. The number of hydrogen-bond acceptors (Lipinski definition) is 5.